The third-order valence-corrected chi connectivity index (χ3v) is 4.64. The maximum atomic E-state index is 9.59. The molecule has 0 saturated heterocycles. The van der Waals surface area contributed by atoms with Crippen LogP contribution in [0.4, 0.5) is 0 Å². The van der Waals surface area contributed by atoms with Crippen molar-refractivity contribution in [2.24, 2.45) is 11.8 Å². The highest BCUT2D eigenvalue weighted by Crippen LogP contribution is 2.36. The van der Waals surface area contributed by atoms with Gasteiger partial charge >= 0.3 is 0 Å². The molecule has 0 spiro atoms. The molecule has 2 rings (SSSR count). The molecule has 0 bridgehead atoms. The van der Waals surface area contributed by atoms with Crippen molar-refractivity contribution >= 4 is 0 Å². The molecule has 136 valence electrons. The van der Waals surface area contributed by atoms with E-state index in [0.717, 1.165) is 19.3 Å². The zero-order valence-electron chi connectivity index (χ0n) is 14.6. The van der Waals surface area contributed by atoms with Gasteiger partial charge in [-0.1, -0.05) is 30.3 Å². The van der Waals surface area contributed by atoms with Crippen molar-refractivity contribution in [3.05, 3.63) is 35.9 Å². The van der Waals surface area contributed by atoms with E-state index in [1.165, 1.54) is 5.56 Å². The molecule has 3 atom stereocenters. The van der Waals surface area contributed by atoms with Crippen LogP contribution in [0.25, 0.3) is 0 Å². The Kier molecular flexibility index (Phi) is 9.31. The van der Waals surface area contributed by atoms with Crippen molar-refractivity contribution in [2.45, 2.75) is 32.0 Å². The van der Waals surface area contributed by atoms with Gasteiger partial charge in [-0.25, -0.2) is 0 Å². The van der Waals surface area contributed by atoms with Crippen LogP contribution in [0.15, 0.2) is 30.3 Å². The Morgan fingerprint density at radius 2 is 1.88 bits per heavy atom. The second-order valence-electron chi connectivity index (χ2n) is 6.23. The van der Waals surface area contributed by atoms with Gasteiger partial charge in [-0.2, -0.15) is 0 Å². The highest BCUT2D eigenvalue weighted by Gasteiger charge is 2.36. The molecule has 1 aromatic carbocycles. The van der Waals surface area contributed by atoms with E-state index >= 15 is 0 Å². The monoisotopic (exact) mass is 338 g/mol. The van der Waals surface area contributed by atoms with E-state index in [-0.39, 0.29) is 19.5 Å². The predicted molar refractivity (Wildman–Crippen MR) is 91.6 cm³/mol. The van der Waals surface area contributed by atoms with E-state index in [0.29, 0.717) is 38.3 Å². The summed E-state index contributed by atoms with van der Waals surface area (Å²) in [5.74, 6) is 0.631. The highest BCUT2D eigenvalue weighted by molar-refractivity contribution is 5.13. The third-order valence-electron chi connectivity index (χ3n) is 4.64. The molecule has 1 aliphatic carbocycles. The van der Waals surface area contributed by atoms with Gasteiger partial charge in [-0.3, -0.25) is 0 Å². The largest absolute Gasteiger partial charge is 0.396 e. The molecule has 0 radical (unpaired) electrons. The van der Waals surface area contributed by atoms with Crippen LogP contribution in [0.1, 0.15) is 24.8 Å². The lowest BCUT2D eigenvalue weighted by Gasteiger charge is -2.24. The Labute approximate surface area is 144 Å². The van der Waals surface area contributed by atoms with Crippen LogP contribution in [0.3, 0.4) is 0 Å². The SMILES string of the molecule is COCCOCO[C@@H]1CC[C@@H](CO)[C@@H]1CCOCc1ccccc1. The average Bonchev–Trinajstić information content (AvgIpc) is 3.01. The van der Waals surface area contributed by atoms with E-state index in [4.69, 9.17) is 18.9 Å². The number of benzene rings is 1. The minimum atomic E-state index is 0.144. The summed E-state index contributed by atoms with van der Waals surface area (Å²) in [6, 6.07) is 10.2. The van der Waals surface area contributed by atoms with Crippen LogP contribution in [-0.2, 0) is 25.6 Å². The lowest BCUT2D eigenvalue weighted by molar-refractivity contribution is -0.112. The fraction of sp³-hybridized carbons (Fsp3) is 0.684. The first-order chi connectivity index (χ1) is 11.8. The summed E-state index contributed by atoms with van der Waals surface area (Å²) in [6.07, 6.45) is 3.02. The third kappa shape index (κ3) is 6.49. The fourth-order valence-corrected chi connectivity index (χ4v) is 3.29. The molecule has 1 aliphatic rings. The number of methoxy groups -OCH3 is 1. The molecule has 5 nitrogen and oxygen atoms in total. The van der Waals surface area contributed by atoms with Gasteiger partial charge in [-0.15, -0.1) is 0 Å². The molecule has 0 aliphatic heterocycles. The molecule has 0 heterocycles. The molecule has 1 N–H and O–H groups in total. The van der Waals surface area contributed by atoms with Gasteiger partial charge in [0, 0.05) is 20.3 Å². The molecule has 5 heteroatoms. The lowest BCUT2D eigenvalue weighted by Crippen LogP contribution is -2.26. The molecule has 0 aromatic heterocycles. The summed E-state index contributed by atoms with van der Waals surface area (Å²) in [5.41, 5.74) is 1.18. The first kappa shape index (κ1) is 19.3. The lowest BCUT2D eigenvalue weighted by atomic mass is 9.92. The van der Waals surface area contributed by atoms with Crippen LogP contribution in [0, 0.1) is 11.8 Å². The van der Waals surface area contributed by atoms with Gasteiger partial charge in [-0.05, 0) is 36.7 Å². The van der Waals surface area contributed by atoms with Crippen LogP contribution in [-0.4, -0.2) is 51.5 Å². The smallest absolute Gasteiger partial charge is 0.147 e. The molecule has 0 unspecified atom stereocenters. The Bertz CT molecular complexity index is 425. The van der Waals surface area contributed by atoms with Crippen LogP contribution < -0.4 is 0 Å². The summed E-state index contributed by atoms with van der Waals surface area (Å²) in [6.45, 7) is 2.92. The van der Waals surface area contributed by atoms with E-state index in [2.05, 4.69) is 12.1 Å². The van der Waals surface area contributed by atoms with Gasteiger partial charge in [0.1, 0.15) is 6.79 Å². The topological polar surface area (TPSA) is 57.2 Å². The van der Waals surface area contributed by atoms with Gasteiger partial charge in [0.2, 0.25) is 0 Å². The van der Waals surface area contributed by atoms with E-state index < -0.39 is 0 Å². The molecule has 1 aromatic rings. The second kappa shape index (κ2) is 11.6. The molecule has 0 amide bonds. The van der Waals surface area contributed by atoms with Gasteiger partial charge in [0.15, 0.2) is 0 Å². The average molecular weight is 338 g/mol. The van der Waals surface area contributed by atoms with Crippen molar-refractivity contribution < 1.29 is 24.1 Å². The van der Waals surface area contributed by atoms with Gasteiger partial charge in [0.05, 0.1) is 25.9 Å². The number of hydrogen-bond donors (Lipinski definition) is 1. The van der Waals surface area contributed by atoms with Crippen LogP contribution in [0.5, 0.6) is 0 Å². The number of aliphatic hydroxyl groups excluding tert-OH is 1. The molecule has 24 heavy (non-hydrogen) atoms. The number of aliphatic hydroxyl groups is 1. The first-order valence-electron chi connectivity index (χ1n) is 8.76. The standard InChI is InChI=1S/C19H30O5/c1-21-11-12-23-15-24-19-8-7-17(13-20)18(19)9-10-22-14-16-5-3-2-4-6-16/h2-6,17-20H,7-15H2,1H3/t17-,18-,19+/m0/s1. The van der Waals surface area contributed by atoms with E-state index in [1.54, 1.807) is 7.11 Å². The number of rotatable bonds is 12. The molecular formula is C19H30O5. The van der Waals surface area contributed by atoms with E-state index in [9.17, 15) is 5.11 Å². The second-order valence-corrected chi connectivity index (χ2v) is 6.23. The highest BCUT2D eigenvalue weighted by atomic mass is 16.7. The summed E-state index contributed by atoms with van der Waals surface area (Å²) in [7, 11) is 1.65. The summed E-state index contributed by atoms with van der Waals surface area (Å²) in [4.78, 5) is 0. The zero-order valence-corrected chi connectivity index (χ0v) is 14.6. The first-order valence-corrected chi connectivity index (χ1v) is 8.76. The summed E-state index contributed by atoms with van der Waals surface area (Å²) < 4.78 is 22.0. The summed E-state index contributed by atoms with van der Waals surface area (Å²) in [5, 5.41) is 9.59. The van der Waals surface area contributed by atoms with Crippen LogP contribution in [0.2, 0.25) is 0 Å². The summed E-state index contributed by atoms with van der Waals surface area (Å²) >= 11 is 0. The van der Waals surface area contributed by atoms with Crippen molar-refractivity contribution in [1.82, 2.24) is 0 Å². The fourth-order valence-electron chi connectivity index (χ4n) is 3.29. The number of hydrogen-bond acceptors (Lipinski definition) is 5. The van der Waals surface area contributed by atoms with Crippen molar-refractivity contribution in [2.75, 3.05) is 40.3 Å². The Morgan fingerprint density at radius 1 is 1.04 bits per heavy atom. The maximum Gasteiger partial charge on any atom is 0.147 e. The number of ether oxygens (including phenoxy) is 4. The quantitative estimate of drug-likeness (QED) is 0.469. The molecule has 1 fully saturated rings. The Balaban J connectivity index is 1.68. The zero-order chi connectivity index (χ0) is 17.0. The van der Waals surface area contributed by atoms with E-state index in [1.807, 2.05) is 18.2 Å². The van der Waals surface area contributed by atoms with Crippen LogP contribution >= 0.6 is 0 Å². The predicted octanol–water partition coefficient (Wildman–Crippen LogP) is 2.62. The molecule has 1 saturated carbocycles. The Morgan fingerprint density at radius 3 is 2.62 bits per heavy atom. The normalized spacial score (nSPS) is 23.7. The van der Waals surface area contributed by atoms with Crippen molar-refractivity contribution in [3.8, 4) is 0 Å². The van der Waals surface area contributed by atoms with Crippen molar-refractivity contribution in [1.29, 1.82) is 0 Å². The minimum Gasteiger partial charge on any atom is -0.396 e. The minimum absolute atomic E-state index is 0.144. The maximum absolute atomic E-state index is 9.59. The Hall–Kier alpha value is -0.980. The van der Waals surface area contributed by atoms with Crippen molar-refractivity contribution in [3.63, 3.8) is 0 Å². The molecular weight excluding hydrogens is 308 g/mol. The van der Waals surface area contributed by atoms with Gasteiger partial charge in [0.25, 0.3) is 0 Å². The van der Waals surface area contributed by atoms with Gasteiger partial charge < -0.3 is 24.1 Å².